The number of amides is 2. The van der Waals surface area contributed by atoms with Crippen molar-refractivity contribution in [3.05, 3.63) is 0 Å². The lowest BCUT2D eigenvalue weighted by atomic mass is 9.89. The van der Waals surface area contributed by atoms with E-state index in [0.29, 0.717) is 6.61 Å². The Hall–Kier alpha value is -0.883. The van der Waals surface area contributed by atoms with Crippen LogP contribution in [0.1, 0.15) is 54.4 Å². The number of nitrogens with zero attached hydrogens (tertiary/aromatic N) is 1. The van der Waals surface area contributed by atoms with Gasteiger partial charge in [0.1, 0.15) is 6.10 Å². The highest BCUT2D eigenvalue weighted by Crippen LogP contribution is 2.35. The highest BCUT2D eigenvalue weighted by atomic mass is 28.4. The Morgan fingerprint density at radius 2 is 1.74 bits per heavy atom. The van der Waals surface area contributed by atoms with Gasteiger partial charge in [-0.25, -0.2) is 9.69 Å². The first-order chi connectivity index (χ1) is 10.9. The number of hydrogen-bond acceptors (Lipinski definition) is 4. The molecule has 2 unspecified atom stereocenters. The minimum absolute atomic E-state index is 0.161. The molecule has 1 saturated heterocycles. The Kier molecular flexibility index (Phi) is 7.74. The van der Waals surface area contributed by atoms with Crippen LogP contribution < -0.4 is 0 Å². The molecule has 0 spiro atoms. The van der Waals surface area contributed by atoms with Gasteiger partial charge in [0.2, 0.25) is 0 Å². The lowest BCUT2D eigenvalue weighted by molar-refractivity contribution is -0.163. The molecule has 134 valence electrons. The molecule has 1 rings (SSSR count). The fourth-order valence-corrected chi connectivity index (χ4v) is 5.88. The van der Waals surface area contributed by atoms with E-state index in [1.807, 2.05) is 20.8 Å². The van der Waals surface area contributed by atoms with Crippen molar-refractivity contribution in [3.63, 3.8) is 0 Å². The van der Waals surface area contributed by atoms with Crippen LogP contribution >= 0.6 is 0 Å². The molecule has 1 fully saturated rings. The number of rotatable bonds is 9. The van der Waals surface area contributed by atoms with Gasteiger partial charge in [-0.1, -0.05) is 48.0 Å². The molecule has 2 atom stereocenters. The van der Waals surface area contributed by atoms with Crippen LogP contribution in [0.5, 0.6) is 0 Å². The summed E-state index contributed by atoms with van der Waals surface area (Å²) < 4.78 is 11.6. The maximum absolute atomic E-state index is 12.5. The Bertz CT molecular complexity index is 401. The smallest absolute Gasteiger partial charge is 0.416 e. The van der Waals surface area contributed by atoms with E-state index in [0.717, 1.165) is 31.0 Å². The second kappa shape index (κ2) is 8.83. The largest absolute Gasteiger partial charge is 0.449 e. The standard InChI is InChI=1S/C17H33NO4Si/c1-7-11-12-21-17(20)18-14(13(5)6)15(16(18)19)22-23(8-2,9-3)10-4/h13-15H,7-12H2,1-6H3. The van der Waals surface area contributed by atoms with E-state index in [4.69, 9.17) is 9.16 Å². The summed E-state index contributed by atoms with van der Waals surface area (Å²) in [6.07, 6.45) is 0.787. The molecule has 5 nitrogen and oxygen atoms in total. The second-order valence-electron chi connectivity index (χ2n) is 6.69. The molecular weight excluding hydrogens is 310 g/mol. The molecule has 0 radical (unpaired) electrons. The summed E-state index contributed by atoms with van der Waals surface area (Å²) in [6, 6.07) is 2.79. The Morgan fingerprint density at radius 3 is 2.17 bits per heavy atom. The lowest BCUT2D eigenvalue weighted by Gasteiger charge is -2.49. The third kappa shape index (κ3) is 4.35. The minimum Gasteiger partial charge on any atom is -0.449 e. The minimum atomic E-state index is -1.87. The van der Waals surface area contributed by atoms with Gasteiger partial charge < -0.3 is 9.16 Å². The highest BCUT2D eigenvalue weighted by Gasteiger charge is 2.55. The van der Waals surface area contributed by atoms with Crippen LogP contribution in [-0.2, 0) is 14.0 Å². The second-order valence-corrected chi connectivity index (χ2v) is 11.4. The van der Waals surface area contributed by atoms with Gasteiger partial charge in [0.25, 0.3) is 5.91 Å². The number of β-lactam (4-membered cyclic amide) rings is 1. The zero-order chi connectivity index (χ0) is 17.6. The van der Waals surface area contributed by atoms with Crippen LogP contribution in [-0.4, -0.2) is 44.0 Å². The van der Waals surface area contributed by atoms with Crippen LogP contribution in [0, 0.1) is 5.92 Å². The summed E-state index contributed by atoms with van der Waals surface area (Å²) in [5, 5.41) is 0. The van der Waals surface area contributed by atoms with Crippen molar-refractivity contribution in [1.29, 1.82) is 0 Å². The molecule has 2 amide bonds. The maximum Gasteiger partial charge on any atom is 0.416 e. The topological polar surface area (TPSA) is 55.8 Å². The first kappa shape index (κ1) is 20.2. The van der Waals surface area contributed by atoms with Crippen molar-refractivity contribution < 1.29 is 18.8 Å². The number of likely N-dealkylation sites (tertiary alicyclic amines) is 1. The number of imide groups is 1. The van der Waals surface area contributed by atoms with Crippen molar-refractivity contribution in [2.45, 2.75) is 84.7 Å². The van der Waals surface area contributed by atoms with Gasteiger partial charge in [0.05, 0.1) is 12.6 Å². The fourth-order valence-electron chi connectivity index (χ4n) is 3.11. The molecule has 0 aliphatic carbocycles. The quantitative estimate of drug-likeness (QED) is 0.358. The van der Waals surface area contributed by atoms with Gasteiger partial charge in [0, 0.05) is 0 Å². The van der Waals surface area contributed by atoms with Gasteiger partial charge in [-0.3, -0.25) is 4.79 Å². The average Bonchev–Trinajstić information content (AvgIpc) is 2.53. The molecule has 1 aliphatic rings. The van der Waals surface area contributed by atoms with Crippen molar-refractivity contribution in [1.82, 2.24) is 4.90 Å². The van der Waals surface area contributed by atoms with E-state index >= 15 is 0 Å². The van der Waals surface area contributed by atoms with Crippen molar-refractivity contribution in [3.8, 4) is 0 Å². The summed E-state index contributed by atoms with van der Waals surface area (Å²) in [5.41, 5.74) is 0. The predicted octanol–water partition coefficient (Wildman–Crippen LogP) is 4.18. The first-order valence-corrected chi connectivity index (χ1v) is 11.6. The molecule has 0 N–H and O–H groups in total. The highest BCUT2D eigenvalue weighted by molar-refractivity contribution is 6.73. The van der Waals surface area contributed by atoms with Crippen molar-refractivity contribution in [2.24, 2.45) is 5.92 Å². The van der Waals surface area contributed by atoms with E-state index in [1.54, 1.807) is 0 Å². The molecule has 0 aromatic rings. The van der Waals surface area contributed by atoms with Crippen LogP contribution in [0.3, 0.4) is 0 Å². The molecule has 1 aliphatic heterocycles. The van der Waals surface area contributed by atoms with Gasteiger partial charge in [-0.2, -0.15) is 0 Å². The molecule has 0 aromatic heterocycles. The monoisotopic (exact) mass is 343 g/mol. The Balaban J connectivity index is 2.80. The Labute approximate surface area is 141 Å². The third-order valence-electron chi connectivity index (χ3n) is 5.00. The number of unbranched alkanes of at least 4 members (excludes halogenated alkanes) is 1. The molecule has 0 aromatic carbocycles. The zero-order valence-electron chi connectivity index (χ0n) is 15.6. The van der Waals surface area contributed by atoms with Crippen LogP contribution in [0.15, 0.2) is 0 Å². The molecule has 23 heavy (non-hydrogen) atoms. The molecule has 6 heteroatoms. The fraction of sp³-hybridized carbons (Fsp3) is 0.882. The van der Waals surface area contributed by atoms with Crippen LogP contribution in [0.25, 0.3) is 0 Å². The van der Waals surface area contributed by atoms with Crippen molar-refractivity contribution in [2.75, 3.05) is 6.61 Å². The Morgan fingerprint density at radius 1 is 1.17 bits per heavy atom. The normalized spacial score (nSPS) is 21.5. The van der Waals surface area contributed by atoms with Gasteiger partial charge in [0.15, 0.2) is 8.32 Å². The van der Waals surface area contributed by atoms with Gasteiger partial charge in [-0.15, -0.1) is 0 Å². The summed E-state index contributed by atoms with van der Waals surface area (Å²) in [5.74, 6) is -0.0638. The van der Waals surface area contributed by atoms with Gasteiger partial charge in [-0.05, 0) is 30.5 Å². The van der Waals surface area contributed by atoms with Crippen molar-refractivity contribution >= 4 is 20.3 Å². The number of hydrogen-bond donors (Lipinski definition) is 0. The van der Waals surface area contributed by atoms with E-state index in [9.17, 15) is 9.59 Å². The van der Waals surface area contributed by atoms with E-state index in [-0.39, 0.29) is 17.9 Å². The predicted molar refractivity (Wildman–Crippen MR) is 93.8 cm³/mol. The van der Waals surface area contributed by atoms with Gasteiger partial charge >= 0.3 is 6.09 Å². The van der Waals surface area contributed by atoms with E-state index in [2.05, 4.69) is 20.8 Å². The lowest BCUT2D eigenvalue weighted by Crippen LogP contribution is -2.71. The summed E-state index contributed by atoms with van der Waals surface area (Å²) in [4.78, 5) is 26.0. The molecular formula is C17H33NO4Si. The van der Waals surface area contributed by atoms with E-state index < -0.39 is 20.5 Å². The average molecular weight is 344 g/mol. The first-order valence-electron chi connectivity index (χ1n) is 9.05. The van der Waals surface area contributed by atoms with Crippen LogP contribution in [0.2, 0.25) is 18.1 Å². The SMILES string of the molecule is CCCCOC(=O)N1C(=O)C(O[Si](CC)(CC)CC)C1C(C)C. The molecule has 0 bridgehead atoms. The number of ether oxygens (including phenoxy) is 1. The number of carbonyl (C=O) groups excluding carboxylic acids is 2. The van der Waals surface area contributed by atoms with Crippen LogP contribution in [0.4, 0.5) is 4.79 Å². The summed E-state index contributed by atoms with van der Waals surface area (Å²) >= 11 is 0. The van der Waals surface area contributed by atoms with E-state index in [1.165, 1.54) is 4.90 Å². The summed E-state index contributed by atoms with van der Waals surface area (Å²) in [6.45, 7) is 12.9. The maximum atomic E-state index is 12.5. The molecule has 1 heterocycles. The zero-order valence-corrected chi connectivity index (χ0v) is 16.6. The summed E-state index contributed by atoms with van der Waals surface area (Å²) in [7, 11) is -1.87. The third-order valence-corrected chi connectivity index (χ3v) is 9.62. The molecule has 0 saturated carbocycles. The number of carbonyl (C=O) groups is 2.